The lowest BCUT2D eigenvalue weighted by molar-refractivity contribution is -0.150. The number of hydrogen-bond acceptors (Lipinski definition) is 2. The highest BCUT2D eigenvalue weighted by Gasteiger charge is 2.46. The van der Waals surface area contributed by atoms with E-state index in [4.69, 9.17) is 0 Å². The lowest BCUT2D eigenvalue weighted by Crippen LogP contribution is -2.52. The molecule has 0 aromatic carbocycles. The van der Waals surface area contributed by atoms with Gasteiger partial charge in [-0.25, -0.2) is 0 Å². The number of carbonyl (C=O) groups excluding carboxylic acids is 1. The van der Waals surface area contributed by atoms with E-state index in [0.717, 1.165) is 6.42 Å². The third-order valence-corrected chi connectivity index (χ3v) is 6.03. The van der Waals surface area contributed by atoms with Crippen LogP contribution in [0.1, 0.15) is 65.7 Å². The van der Waals surface area contributed by atoms with Gasteiger partial charge in [0.25, 0.3) is 0 Å². The Morgan fingerprint density at radius 2 is 1.76 bits per heavy atom. The second kappa shape index (κ2) is 6.37. The number of aliphatic carboxylic acids is 1. The quantitative estimate of drug-likeness (QED) is 0.837. The van der Waals surface area contributed by atoms with Gasteiger partial charge in [0.15, 0.2) is 0 Å². The first-order chi connectivity index (χ1) is 9.82. The molecule has 0 aliphatic heterocycles. The summed E-state index contributed by atoms with van der Waals surface area (Å²) in [6.45, 7) is 6.12. The predicted molar refractivity (Wildman–Crippen MR) is 81.8 cm³/mol. The molecule has 0 spiro atoms. The molecule has 0 bridgehead atoms. The Bertz CT molecular complexity index is 399. The van der Waals surface area contributed by atoms with E-state index >= 15 is 0 Å². The van der Waals surface area contributed by atoms with Crippen molar-refractivity contribution in [2.45, 2.75) is 71.8 Å². The number of carboxylic acids is 1. The maximum atomic E-state index is 12.2. The minimum atomic E-state index is -0.706. The highest BCUT2D eigenvalue weighted by Crippen LogP contribution is 2.45. The minimum absolute atomic E-state index is 0.115. The smallest absolute Gasteiger partial charge is 0.307 e. The zero-order valence-electron chi connectivity index (χ0n) is 13.5. The molecule has 2 N–H and O–H groups in total. The van der Waals surface area contributed by atoms with Crippen molar-refractivity contribution in [2.24, 2.45) is 23.2 Å². The van der Waals surface area contributed by atoms with E-state index < -0.39 is 5.97 Å². The second-order valence-corrected chi connectivity index (χ2v) is 7.61. The maximum Gasteiger partial charge on any atom is 0.307 e. The molecule has 1 amide bonds. The van der Waals surface area contributed by atoms with Crippen molar-refractivity contribution in [3.63, 3.8) is 0 Å². The van der Waals surface area contributed by atoms with Gasteiger partial charge in [0.2, 0.25) is 5.91 Å². The highest BCUT2D eigenvalue weighted by atomic mass is 16.4. The van der Waals surface area contributed by atoms with Crippen molar-refractivity contribution < 1.29 is 14.7 Å². The first kappa shape index (κ1) is 16.3. The van der Waals surface area contributed by atoms with Gasteiger partial charge in [-0.3, -0.25) is 9.59 Å². The Balaban J connectivity index is 1.92. The van der Waals surface area contributed by atoms with Crippen LogP contribution in [0.5, 0.6) is 0 Å². The fourth-order valence-electron chi connectivity index (χ4n) is 4.19. The van der Waals surface area contributed by atoms with Gasteiger partial charge in [0.1, 0.15) is 0 Å². The summed E-state index contributed by atoms with van der Waals surface area (Å²) in [4.78, 5) is 23.6. The Hall–Kier alpha value is -1.06. The molecule has 2 aliphatic rings. The molecule has 120 valence electrons. The normalized spacial score (nSPS) is 32.8. The van der Waals surface area contributed by atoms with E-state index in [0.29, 0.717) is 18.8 Å². The van der Waals surface area contributed by atoms with Crippen LogP contribution in [0, 0.1) is 23.2 Å². The van der Waals surface area contributed by atoms with E-state index in [2.05, 4.69) is 12.2 Å². The number of nitrogens with one attached hydrogen (secondary N) is 1. The van der Waals surface area contributed by atoms with Crippen LogP contribution in [0.4, 0.5) is 0 Å². The summed E-state index contributed by atoms with van der Waals surface area (Å²) in [5, 5.41) is 12.5. The minimum Gasteiger partial charge on any atom is -0.481 e. The summed E-state index contributed by atoms with van der Waals surface area (Å²) in [5.41, 5.74) is -0.282. The molecule has 0 radical (unpaired) electrons. The average Bonchev–Trinajstić information content (AvgIpc) is 2.87. The summed E-state index contributed by atoms with van der Waals surface area (Å²) in [6.07, 6.45) is 6.95. The molecular weight excluding hydrogens is 266 g/mol. The van der Waals surface area contributed by atoms with E-state index in [1.165, 1.54) is 25.7 Å². The molecule has 0 aromatic rings. The summed E-state index contributed by atoms with van der Waals surface area (Å²) < 4.78 is 0. The van der Waals surface area contributed by atoms with Crippen molar-refractivity contribution in [1.29, 1.82) is 0 Å². The van der Waals surface area contributed by atoms with Gasteiger partial charge in [-0.05, 0) is 42.9 Å². The monoisotopic (exact) mass is 295 g/mol. The highest BCUT2D eigenvalue weighted by molar-refractivity contribution is 5.76. The van der Waals surface area contributed by atoms with Crippen LogP contribution < -0.4 is 5.32 Å². The molecular formula is C17H29NO3. The molecule has 2 rings (SSSR count). The van der Waals surface area contributed by atoms with E-state index in [9.17, 15) is 14.7 Å². The van der Waals surface area contributed by atoms with E-state index in [1.807, 2.05) is 13.8 Å². The number of carbonyl (C=O) groups is 2. The third kappa shape index (κ3) is 3.58. The number of amides is 1. The lowest BCUT2D eigenvalue weighted by Gasteiger charge is -2.46. The molecule has 2 saturated carbocycles. The summed E-state index contributed by atoms with van der Waals surface area (Å²) >= 11 is 0. The number of hydrogen-bond donors (Lipinski definition) is 2. The molecule has 2 fully saturated rings. The molecule has 2 aliphatic carbocycles. The largest absolute Gasteiger partial charge is 0.481 e. The Kier molecular flexibility index (Phi) is 4.95. The molecule has 21 heavy (non-hydrogen) atoms. The summed E-state index contributed by atoms with van der Waals surface area (Å²) in [5.74, 6) is -0.120. The SMILES string of the molecule is CC1C(NC(=O)CC2CCCC2)CCC(C(=O)O)C1(C)C. The van der Waals surface area contributed by atoms with Crippen LogP contribution in [-0.2, 0) is 9.59 Å². The van der Waals surface area contributed by atoms with Gasteiger partial charge in [0.05, 0.1) is 5.92 Å². The third-order valence-electron chi connectivity index (χ3n) is 6.03. The van der Waals surface area contributed by atoms with Gasteiger partial charge in [-0.15, -0.1) is 0 Å². The Labute approximate surface area is 127 Å². The van der Waals surface area contributed by atoms with Crippen molar-refractivity contribution >= 4 is 11.9 Å². The maximum absolute atomic E-state index is 12.2. The van der Waals surface area contributed by atoms with Crippen LogP contribution in [0.3, 0.4) is 0 Å². The zero-order chi connectivity index (χ0) is 15.6. The molecule has 0 aromatic heterocycles. The van der Waals surface area contributed by atoms with E-state index in [1.54, 1.807) is 0 Å². The van der Waals surface area contributed by atoms with Crippen LogP contribution in [-0.4, -0.2) is 23.0 Å². The summed E-state index contributed by atoms with van der Waals surface area (Å²) in [6, 6.07) is 0.115. The van der Waals surface area contributed by atoms with E-state index in [-0.39, 0.29) is 29.2 Å². The summed E-state index contributed by atoms with van der Waals surface area (Å²) in [7, 11) is 0. The van der Waals surface area contributed by atoms with Gasteiger partial charge in [-0.1, -0.05) is 33.6 Å². The first-order valence-corrected chi connectivity index (χ1v) is 8.34. The van der Waals surface area contributed by atoms with Gasteiger partial charge in [-0.2, -0.15) is 0 Å². The lowest BCUT2D eigenvalue weighted by atomic mass is 9.61. The molecule has 4 nitrogen and oxygen atoms in total. The van der Waals surface area contributed by atoms with Crippen molar-refractivity contribution in [1.82, 2.24) is 5.32 Å². The topological polar surface area (TPSA) is 66.4 Å². The molecule has 3 unspecified atom stereocenters. The van der Waals surface area contributed by atoms with Crippen LogP contribution >= 0.6 is 0 Å². The Morgan fingerprint density at radius 1 is 1.14 bits per heavy atom. The fraction of sp³-hybridized carbons (Fsp3) is 0.882. The second-order valence-electron chi connectivity index (χ2n) is 7.61. The molecule has 0 saturated heterocycles. The van der Waals surface area contributed by atoms with Crippen molar-refractivity contribution in [3.8, 4) is 0 Å². The molecule has 4 heteroatoms. The van der Waals surface area contributed by atoms with Gasteiger partial charge < -0.3 is 10.4 Å². The van der Waals surface area contributed by atoms with Crippen LogP contribution in [0.15, 0.2) is 0 Å². The van der Waals surface area contributed by atoms with Gasteiger partial charge in [0, 0.05) is 12.5 Å². The number of rotatable bonds is 4. The van der Waals surface area contributed by atoms with Crippen LogP contribution in [0.2, 0.25) is 0 Å². The standard InChI is InChI=1S/C17H29NO3/c1-11-14(9-8-13(16(20)21)17(11,2)3)18-15(19)10-12-6-4-5-7-12/h11-14H,4-10H2,1-3H3,(H,18,19)(H,20,21). The predicted octanol–water partition coefficient (Wildman–Crippen LogP) is 3.21. The number of carboxylic acid groups (broad SMARTS) is 1. The fourth-order valence-corrected chi connectivity index (χ4v) is 4.19. The average molecular weight is 295 g/mol. The van der Waals surface area contributed by atoms with Gasteiger partial charge >= 0.3 is 5.97 Å². The Morgan fingerprint density at radius 3 is 2.33 bits per heavy atom. The molecule has 3 atom stereocenters. The zero-order valence-corrected chi connectivity index (χ0v) is 13.5. The van der Waals surface area contributed by atoms with Crippen LogP contribution in [0.25, 0.3) is 0 Å². The van der Waals surface area contributed by atoms with Crippen molar-refractivity contribution in [3.05, 3.63) is 0 Å². The van der Waals surface area contributed by atoms with Crippen molar-refractivity contribution in [2.75, 3.05) is 0 Å². The first-order valence-electron chi connectivity index (χ1n) is 8.34. The molecule has 0 heterocycles.